The topological polar surface area (TPSA) is 25.8 Å². The molecule has 0 bridgehead atoms. The number of nitrogens with zero attached hydrogens (tertiary/aromatic N) is 2. The van der Waals surface area contributed by atoms with Crippen molar-refractivity contribution in [2.24, 2.45) is 0 Å². The third-order valence-corrected chi connectivity index (χ3v) is 11.5. The Bertz CT molecular complexity index is 2560. The molecule has 0 unspecified atom stereocenters. The summed E-state index contributed by atoms with van der Waals surface area (Å²) in [6.45, 7) is 0. The fraction of sp³-hybridized carbons (Fsp3) is 0. The van der Waals surface area contributed by atoms with Gasteiger partial charge >= 0.3 is 0 Å². The molecular formula is C44H26N2S2. The largest absolute Gasteiger partial charge is 0.236 e. The van der Waals surface area contributed by atoms with E-state index in [1.165, 1.54) is 64.0 Å². The average molecular weight is 647 g/mol. The summed E-state index contributed by atoms with van der Waals surface area (Å²) in [7, 11) is 0. The van der Waals surface area contributed by atoms with Gasteiger partial charge in [0, 0.05) is 11.1 Å². The third kappa shape index (κ3) is 4.45. The number of hydrogen-bond acceptors (Lipinski definition) is 4. The van der Waals surface area contributed by atoms with Crippen LogP contribution in [0.2, 0.25) is 0 Å². The lowest BCUT2D eigenvalue weighted by Crippen LogP contribution is -1.92. The van der Waals surface area contributed by atoms with Crippen molar-refractivity contribution in [1.29, 1.82) is 0 Å². The Labute approximate surface area is 285 Å². The standard InChI is InChI=1S/C44H26N2S2/c1-2-10-32-26-36-35(25-31(32)9-1)41(27-17-21-29(22-18-27)43-45-37-13-5-7-15-39(37)47-43)33-11-3-4-12-34(33)42(36)28-19-23-30(24-20-28)44-46-38-14-6-8-16-40(38)48-44/h1-26H. The van der Waals surface area contributed by atoms with Crippen LogP contribution in [0.25, 0.3) is 96.1 Å². The lowest BCUT2D eigenvalue weighted by atomic mass is 9.84. The maximum absolute atomic E-state index is 4.92. The van der Waals surface area contributed by atoms with Crippen LogP contribution in [-0.4, -0.2) is 9.97 Å². The fourth-order valence-corrected chi connectivity index (χ4v) is 8.98. The SMILES string of the molecule is c1ccc2cc3c(-c4ccc(-c5nc6ccccc6s5)cc4)c4ccccc4c(-c4ccc(-c5nc6ccccc6s5)cc4)c3cc2c1. The summed E-state index contributed by atoms with van der Waals surface area (Å²) in [6, 6.07) is 57.0. The lowest BCUT2D eigenvalue weighted by molar-refractivity contribution is 1.48. The van der Waals surface area contributed by atoms with Crippen LogP contribution in [0.1, 0.15) is 0 Å². The number of hydrogen-bond donors (Lipinski definition) is 0. The monoisotopic (exact) mass is 646 g/mol. The molecule has 0 aliphatic heterocycles. The van der Waals surface area contributed by atoms with E-state index in [4.69, 9.17) is 9.97 Å². The van der Waals surface area contributed by atoms with Crippen LogP contribution in [0.15, 0.2) is 158 Å². The summed E-state index contributed by atoms with van der Waals surface area (Å²) in [4.78, 5) is 9.83. The first-order valence-corrected chi connectivity index (χ1v) is 17.7. The third-order valence-electron chi connectivity index (χ3n) is 9.32. The smallest absolute Gasteiger partial charge is 0.124 e. The van der Waals surface area contributed by atoms with Crippen molar-refractivity contribution in [2.45, 2.75) is 0 Å². The molecule has 0 aliphatic rings. The van der Waals surface area contributed by atoms with E-state index < -0.39 is 0 Å². The van der Waals surface area contributed by atoms with Gasteiger partial charge in [-0.25, -0.2) is 9.97 Å². The highest BCUT2D eigenvalue weighted by molar-refractivity contribution is 7.22. The molecule has 2 nitrogen and oxygen atoms in total. The predicted molar refractivity (Wildman–Crippen MR) is 207 cm³/mol. The highest BCUT2D eigenvalue weighted by Gasteiger charge is 2.18. The van der Waals surface area contributed by atoms with Crippen LogP contribution in [0.5, 0.6) is 0 Å². The maximum Gasteiger partial charge on any atom is 0.124 e. The van der Waals surface area contributed by atoms with Crippen LogP contribution in [-0.2, 0) is 0 Å². The molecule has 0 radical (unpaired) electrons. The van der Waals surface area contributed by atoms with Crippen LogP contribution in [0, 0.1) is 0 Å². The van der Waals surface area contributed by atoms with Crippen molar-refractivity contribution < 1.29 is 0 Å². The number of rotatable bonds is 4. The summed E-state index contributed by atoms with van der Waals surface area (Å²) in [6.07, 6.45) is 0. The van der Waals surface area contributed by atoms with E-state index in [-0.39, 0.29) is 0 Å². The summed E-state index contributed by atoms with van der Waals surface area (Å²) in [5, 5.41) is 9.59. The number of benzene rings is 8. The van der Waals surface area contributed by atoms with Crippen LogP contribution in [0.4, 0.5) is 0 Å². The Hall–Kier alpha value is -5.68. The minimum Gasteiger partial charge on any atom is -0.236 e. The molecule has 10 rings (SSSR count). The molecule has 0 saturated heterocycles. The van der Waals surface area contributed by atoms with Crippen LogP contribution in [0.3, 0.4) is 0 Å². The molecule has 48 heavy (non-hydrogen) atoms. The summed E-state index contributed by atoms with van der Waals surface area (Å²) in [5.41, 5.74) is 9.31. The second kappa shape index (κ2) is 11.0. The summed E-state index contributed by atoms with van der Waals surface area (Å²) >= 11 is 3.49. The Morgan fingerprint density at radius 3 is 1.15 bits per heavy atom. The second-order valence-electron chi connectivity index (χ2n) is 12.2. The van der Waals surface area contributed by atoms with E-state index in [0.29, 0.717) is 0 Å². The number of para-hydroxylation sites is 2. The van der Waals surface area contributed by atoms with Gasteiger partial charge < -0.3 is 0 Å². The van der Waals surface area contributed by atoms with Crippen molar-refractivity contribution in [3.63, 3.8) is 0 Å². The van der Waals surface area contributed by atoms with E-state index in [1.807, 2.05) is 0 Å². The molecule has 4 heteroatoms. The molecule has 0 spiro atoms. The quantitative estimate of drug-likeness (QED) is 0.178. The van der Waals surface area contributed by atoms with Gasteiger partial charge in [0.15, 0.2) is 0 Å². The molecule has 8 aromatic carbocycles. The number of aromatic nitrogens is 2. The van der Waals surface area contributed by atoms with Crippen LogP contribution >= 0.6 is 22.7 Å². The van der Waals surface area contributed by atoms with E-state index in [1.54, 1.807) is 22.7 Å². The Kier molecular flexibility index (Phi) is 6.26. The lowest BCUT2D eigenvalue weighted by Gasteiger charge is -2.19. The van der Waals surface area contributed by atoms with Gasteiger partial charge in [-0.15, -0.1) is 22.7 Å². The van der Waals surface area contributed by atoms with Gasteiger partial charge in [0.05, 0.1) is 20.4 Å². The second-order valence-corrected chi connectivity index (χ2v) is 14.2. The molecular weight excluding hydrogens is 621 g/mol. The molecule has 0 amide bonds. The fourth-order valence-electron chi connectivity index (χ4n) is 7.04. The molecule has 0 saturated carbocycles. The highest BCUT2D eigenvalue weighted by Crippen LogP contribution is 2.46. The Morgan fingerprint density at radius 1 is 0.333 bits per heavy atom. The minimum absolute atomic E-state index is 1.05. The molecule has 2 aromatic heterocycles. The van der Waals surface area contributed by atoms with Gasteiger partial charge in [0.2, 0.25) is 0 Å². The van der Waals surface area contributed by atoms with Crippen molar-refractivity contribution in [2.75, 3.05) is 0 Å². The van der Waals surface area contributed by atoms with Gasteiger partial charge in [0.1, 0.15) is 10.0 Å². The number of thiazole rings is 2. The van der Waals surface area contributed by atoms with E-state index >= 15 is 0 Å². The Balaban J connectivity index is 1.17. The zero-order valence-corrected chi connectivity index (χ0v) is 27.4. The summed E-state index contributed by atoms with van der Waals surface area (Å²) in [5.74, 6) is 0. The summed E-state index contributed by atoms with van der Waals surface area (Å²) < 4.78 is 2.42. The zero-order chi connectivity index (χ0) is 31.6. The van der Waals surface area contributed by atoms with Crippen molar-refractivity contribution >= 4 is 75.4 Å². The highest BCUT2D eigenvalue weighted by atomic mass is 32.1. The van der Waals surface area contributed by atoms with Gasteiger partial charge in [-0.1, -0.05) is 121 Å². The molecule has 10 aromatic rings. The average Bonchev–Trinajstić information content (AvgIpc) is 3.78. The minimum atomic E-state index is 1.05. The predicted octanol–water partition coefficient (Wildman–Crippen LogP) is 13.0. The molecule has 0 aliphatic carbocycles. The molecule has 0 fully saturated rings. The molecule has 0 N–H and O–H groups in total. The van der Waals surface area contributed by atoms with Crippen molar-refractivity contribution in [3.05, 3.63) is 158 Å². The maximum atomic E-state index is 4.92. The first-order valence-electron chi connectivity index (χ1n) is 16.1. The van der Waals surface area contributed by atoms with E-state index in [9.17, 15) is 0 Å². The van der Waals surface area contributed by atoms with Gasteiger partial charge in [-0.3, -0.25) is 0 Å². The van der Waals surface area contributed by atoms with Crippen LogP contribution < -0.4 is 0 Å². The van der Waals surface area contributed by atoms with E-state index in [2.05, 4.69) is 158 Å². The Morgan fingerprint density at radius 2 is 0.708 bits per heavy atom. The van der Waals surface area contributed by atoms with Gasteiger partial charge in [0.25, 0.3) is 0 Å². The van der Waals surface area contributed by atoms with Crippen molar-refractivity contribution in [3.8, 4) is 43.4 Å². The number of fused-ring (bicyclic) bond motifs is 5. The first-order chi connectivity index (χ1) is 23.8. The molecule has 0 atom stereocenters. The molecule has 2 heterocycles. The van der Waals surface area contributed by atoms with Crippen molar-refractivity contribution in [1.82, 2.24) is 9.97 Å². The van der Waals surface area contributed by atoms with E-state index in [0.717, 1.165) is 32.2 Å². The normalized spacial score (nSPS) is 11.8. The van der Waals surface area contributed by atoms with Gasteiger partial charge in [-0.05, 0) is 91.0 Å². The first kappa shape index (κ1) is 27.4. The molecule has 224 valence electrons. The zero-order valence-electron chi connectivity index (χ0n) is 25.7. The van der Waals surface area contributed by atoms with Gasteiger partial charge in [-0.2, -0.15) is 0 Å².